The number of Topliss-reactive ketones (excluding diaryl/α,β-unsaturated/α-hetero) is 1. The van der Waals surface area contributed by atoms with E-state index in [0.717, 1.165) is 36.9 Å². The number of aromatic nitrogens is 2. The van der Waals surface area contributed by atoms with E-state index in [9.17, 15) is 27.6 Å². The van der Waals surface area contributed by atoms with Crippen molar-refractivity contribution in [2.24, 2.45) is 5.92 Å². The van der Waals surface area contributed by atoms with Gasteiger partial charge in [-0.25, -0.2) is 8.42 Å². The van der Waals surface area contributed by atoms with E-state index >= 15 is 0 Å². The van der Waals surface area contributed by atoms with Crippen LogP contribution < -0.4 is 20.1 Å². The fourth-order valence-corrected chi connectivity index (χ4v) is 9.24. The molecule has 0 spiro atoms. The van der Waals surface area contributed by atoms with Crippen LogP contribution in [0.5, 0.6) is 6.01 Å². The molecule has 0 radical (unpaired) electrons. The van der Waals surface area contributed by atoms with Gasteiger partial charge in [-0.3, -0.25) is 28.5 Å². The molecule has 4 aliphatic rings. The summed E-state index contributed by atoms with van der Waals surface area (Å²) < 4.78 is 36.2. The van der Waals surface area contributed by atoms with Crippen LogP contribution >= 0.6 is 0 Å². The Hall–Kier alpha value is -4.72. The monoisotopic (exact) mass is 772 g/mol. The number of nitrogens with zero attached hydrogens (tertiary/aromatic N) is 3. The Bertz CT molecular complexity index is 2110. The van der Waals surface area contributed by atoms with Crippen molar-refractivity contribution >= 4 is 50.2 Å². The number of hydrogen-bond donors (Lipinski definition) is 3. The standard InChI is InChI=1S/C41H52N6O7S/c1-5-34(48)30-18-14-20-32-35(30)43-39(47(32)26(2)3)54-29-23-33-36(49)44-41(38(51)45-55(52,53)40(4)21-22-40)24-27(41)15-10-7-6-8-13-19-31(37(50)46(33)25-29)42-28-16-11-9-12-17-28/h9-12,14-18,20,26-27,29,31,33,42H,5-8,13,19,21-25H2,1-4H3,(H,44,49)(H,45,51)/b15-10-/t27-,29-,31+,33+,41-/m1/s1. The van der Waals surface area contributed by atoms with E-state index in [1.165, 1.54) is 4.90 Å². The van der Waals surface area contributed by atoms with Gasteiger partial charge >= 0.3 is 0 Å². The SMILES string of the molecule is CCC(=O)c1cccc2c1nc(O[C@@H]1C[C@H]3C(=O)N[C@]4(C(=O)NS(=O)(=O)C5(C)CC5)C[C@H]4/C=C\CCCCC[C@H](Nc4ccccc4)C(=O)N3C1)n2C(C)C. The minimum absolute atomic E-state index is 0.0400. The molecule has 5 atom stereocenters. The summed E-state index contributed by atoms with van der Waals surface area (Å²) in [7, 11) is -3.97. The largest absolute Gasteiger partial charge is 0.459 e. The number of ketones is 1. The predicted octanol–water partition coefficient (Wildman–Crippen LogP) is 5.43. The first-order valence-corrected chi connectivity index (χ1v) is 21.1. The maximum Gasteiger partial charge on any atom is 0.297 e. The fourth-order valence-electron chi connectivity index (χ4n) is 7.92. The van der Waals surface area contributed by atoms with Gasteiger partial charge in [0.05, 0.1) is 16.8 Å². The molecule has 3 fully saturated rings. The molecule has 2 aliphatic carbocycles. The molecule has 3 amide bonds. The molecule has 55 heavy (non-hydrogen) atoms. The average molecular weight is 773 g/mol. The van der Waals surface area contributed by atoms with Crippen LogP contribution in [0.1, 0.15) is 108 Å². The predicted molar refractivity (Wildman–Crippen MR) is 209 cm³/mol. The number of para-hydroxylation sites is 2. The van der Waals surface area contributed by atoms with Gasteiger partial charge < -0.3 is 20.3 Å². The lowest BCUT2D eigenvalue weighted by atomic mass is 10.0. The highest BCUT2D eigenvalue weighted by atomic mass is 32.2. The third-order valence-electron chi connectivity index (χ3n) is 11.7. The normalized spacial score (nSPS) is 27.3. The van der Waals surface area contributed by atoms with Crippen molar-refractivity contribution in [2.45, 2.75) is 126 Å². The number of imidazole rings is 1. The summed E-state index contributed by atoms with van der Waals surface area (Å²) in [5, 5.41) is 6.37. The van der Waals surface area contributed by atoms with E-state index < -0.39 is 56.2 Å². The summed E-state index contributed by atoms with van der Waals surface area (Å²) in [6.45, 7) is 7.47. The first-order chi connectivity index (χ1) is 26.3. The molecule has 3 aromatic rings. The number of amides is 3. The van der Waals surface area contributed by atoms with Crippen LogP contribution in [0.2, 0.25) is 0 Å². The van der Waals surface area contributed by atoms with Crippen LogP contribution in [0.3, 0.4) is 0 Å². The van der Waals surface area contributed by atoms with Crippen LogP contribution in [-0.4, -0.2) is 81.4 Å². The van der Waals surface area contributed by atoms with Crippen molar-refractivity contribution in [1.29, 1.82) is 0 Å². The van der Waals surface area contributed by atoms with E-state index in [2.05, 4.69) is 15.4 Å². The van der Waals surface area contributed by atoms with E-state index in [0.29, 0.717) is 36.8 Å². The lowest BCUT2D eigenvalue weighted by molar-refractivity contribution is -0.140. The van der Waals surface area contributed by atoms with Crippen molar-refractivity contribution < 1.29 is 32.3 Å². The lowest BCUT2D eigenvalue weighted by Gasteiger charge is -2.30. The Morgan fingerprint density at radius 3 is 2.53 bits per heavy atom. The van der Waals surface area contributed by atoms with Crippen molar-refractivity contribution in [1.82, 2.24) is 24.5 Å². The molecular formula is C41H52N6O7S. The molecule has 0 unspecified atom stereocenters. The molecule has 3 N–H and O–H groups in total. The lowest BCUT2D eigenvalue weighted by Crippen LogP contribution is -2.58. The van der Waals surface area contributed by atoms with Crippen LogP contribution in [0.25, 0.3) is 11.0 Å². The fraction of sp³-hybridized carbons (Fsp3) is 0.537. The average Bonchev–Trinajstić information content (AvgIpc) is 3.98. The third kappa shape index (κ3) is 7.61. The Balaban J connectivity index is 1.23. The van der Waals surface area contributed by atoms with Crippen LogP contribution in [-0.2, 0) is 24.4 Å². The van der Waals surface area contributed by atoms with Crippen LogP contribution in [0.15, 0.2) is 60.7 Å². The Labute approximate surface area is 322 Å². The summed E-state index contributed by atoms with van der Waals surface area (Å²) in [6, 6.07) is 13.5. The molecule has 7 rings (SSSR count). The van der Waals surface area contributed by atoms with Crippen molar-refractivity contribution in [3.05, 3.63) is 66.2 Å². The topological polar surface area (TPSA) is 169 Å². The van der Waals surface area contributed by atoms with E-state index in [1.807, 2.05) is 73.0 Å². The molecule has 0 bridgehead atoms. The molecule has 1 aromatic heterocycles. The van der Waals surface area contributed by atoms with Crippen LogP contribution in [0.4, 0.5) is 5.69 Å². The van der Waals surface area contributed by atoms with Crippen molar-refractivity contribution in [3.63, 3.8) is 0 Å². The molecule has 13 nitrogen and oxygen atoms in total. The number of carbonyl (C=O) groups is 4. The molecular weight excluding hydrogens is 721 g/mol. The number of hydrogen-bond acceptors (Lipinski definition) is 9. The van der Waals surface area contributed by atoms with Gasteiger partial charge in [-0.2, -0.15) is 4.98 Å². The second kappa shape index (κ2) is 15.1. The number of ether oxygens (including phenoxy) is 1. The molecule has 2 aliphatic heterocycles. The van der Waals surface area contributed by atoms with Gasteiger partial charge in [-0.1, -0.05) is 56.2 Å². The zero-order valence-electron chi connectivity index (χ0n) is 32.0. The number of benzene rings is 2. The smallest absolute Gasteiger partial charge is 0.297 e. The second-order valence-electron chi connectivity index (χ2n) is 16.1. The zero-order valence-corrected chi connectivity index (χ0v) is 32.9. The maximum atomic E-state index is 14.7. The molecule has 2 aromatic carbocycles. The quantitative estimate of drug-likeness (QED) is 0.180. The summed E-state index contributed by atoms with van der Waals surface area (Å²) in [4.78, 5) is 62.4. The van der Waals surface area contributed by atoms with Crippen molar-refractivity contribution in [2.75, 3.05) is 11.9 Å². The molecule has 2 saturated carbocycles. The molecule has 3 heterocycles. The van der Waals surface area contributed by atoms with Crippen molar-refractivity contribution in [3.8, 4) is 6.01 Å². The maximum absolute atomic E-state index is 14.7. The number of nitrogens with one attached hydrogen (secondary N) is 3. The Morgan fingerprint density at radius 1 is 1.05 bits per heavy atom. The van der Waals surface area contributed by atoms with E-state index in [1.54, 1.807) is 19.9 Å². The minimum Gasteiger partial charge on any atom is -0.459 e. The Morgan fingerprint density at radius 2 is 1.82 bits per heavy atom. The third-order valence-corrected chi connectivity index (χ3v) is 13.8. The van der Waals surface area contributed by atoms with Gasteiger partial charge in [-0.15, -0.1) is 0 Å². The van der Waals surface area contributed by atoms with E-state index in [4.69, 9.17) is 9.72 Å². The van der Waals surface area contributed by atoms with Gasteiger partial charge in [0, 0.05) is 36.1 Å². The Kier molecular flexibility index (Phi) is 10.6. The molecule has 294 valence electrons. The minimum atomic E-state index is -3.97. The van der Waals surface area contributed by atoms with Gasteiger partial charge in [0.25, 0.3) is 11.9 Å². The van der Waals surface area contributed by atoms with E-state index in [-0.39, 0.29) is 43.1 Å². The summed E-state index contributed by atoms with van der Waals surface area (Å²) in [5.41, 5.74) is 1.08. The van der Waals surface area contributed by atoms with Gasteiger partial charge in [0.1, 0.15) is 29.2 Å². The number of anilines is 1. The highest BCUT2D eigenvalue weighted by molar-refractivity contribution is 7.91. The summed E-state index contributed by atoms with van der Waals surface area (Å²) >= 11 is 0. The van der Waals surface area contributed by atoms with Gasteiger partial charge in [0.15, 0.2) is 5.78 Å². The number of rotatable bonds is 10. The summed E-state index contributed by atoms with van der Waals surface area (Å²) in [6.07, 6.45) is 8.63. The highest BCUT2D eigenvalue weighted by Gasteiger charge is 2.63. The number of allylic oxidation sites excluding steroid dienone is 1. The molecule has 14 heteroatoms. The first-order valence-electron chi connectivity index (χ1n) is 19.7. The van der Waals surface area contributed by atoms with Gasteiger partial charge in [-0.05, 0) is 83.6 Å². The second-order valence-corrected chi connectivity index (χ2v) is 18.3. The summed E-state index contributed by atoms with van der Waals surface area (Å²) in [5.74, 6) is -2.03. The number of carbonyl (C=O) groups excluding carboxylic acids is 4. The van der Waals surface area contributed by atoms with Crippen LogP contribution in [0, 0.1) is 5.92 Å². The number of sulfonamides is 1. The zero-order chi connectivity index (χ0) is 39.1. The van der Waals surface area contributed by atoms with Gasteiger partial charge in [0.2, 0.25) is 21.8 Å². The first kappa shape index (κ1) is 38.6. The number of fused-ring (bicyclic) bond motifs is 3. The molecule has 1 saturated heterocycles. The highest BCUT2D eigenvalue weighted by Crippen LogP contribution is 2.47.